The summed E-state index contributed by atoms with van der Waals surface area (Å²) < 4.78 is 24.6. The number of hydrogen-bond acceptors (Lipinski definition) is 6. The van der Waals surface area contributed by atoms with Crippen molar-refractivity contribution in [3.8, 4) is 0 Å². The number of aromatic nitrogens is 2. The summed E-state index contributed by atoms with van der Waals surface area (Å²) in [6.07, 6.45) is 1.17. The Kier molecular flexibility index (Phi) is 4.63. The molecule has 1 aliphatic heterocycles. The van der Waals surface area contributed by atoms with Gasteiger partial charge in [0.25, 0.3) is 0 Å². The molecule has 3 N–H and O–H groups in total. The van der Waals surface area contributed by atoms with Crippen molar-refractivity contribution in [2.45, 2.75) is 25.2 Å². The van der Waals surface area contributed by atoms with Crippen molar-refractivity contribution in [2.24, 2.45) is 5.73 Å². The number of ether oxygens (including phenoxy) is 2. The fourth-order valence-electron chi connectivity index (χ4n) is 1.93. The predicted molar refractivity (Wildman–Crippen MR) is 69.0 cm³/mol. The number of carbonyl (C=O) groups is 1. The van der Waals surface area contributed by atoms with Crippen molar-refractivity contribution < 1.29 is 18.7 Å². The molecule has 0 aromatic carbocycles. The Morgan fingerprint density at radius 2 is 2.40 bits per heavy atom. The average molecular weight is 303 g/mol. The predicted octanol–water partition coefficient (Wildman–Crippen LogP) is 0.224. The minimum absolute atomic E-state index is 0.0621. The second kappa shape index (κ2) is 6.25. The first kappa shape index (κ1) is 14.8. The maximum Gasteiger partial charge on any atom is 0.328 e. The molecule has 0 bridgehead atoms. The van der Waals surface area contributed by atoms with Gasteiger partial charge in [0.1, 0.15) is 17.5 Å². The lowest BCUT2D eigenvalue weighted by Crippen LogP contribution is -2.28. The largest absolute Gasteiger partial charge is 0.462 e. The van der Waals surface area contributed by atoms with Gasteiger partial charge in [-0.15, -0.1) is 0 Å². The van der Waals surface area contributed by atoms with E-state index < -0.39 is 23.7 Å². The van der Waals surface area contributed by atoms with Crippen LogP contribution in [0.15, 0.2) is 11.0 Å². The molecule has 9 heteroatoms. The van der Waals surface area contributed by atoms with E-state index in [2.05, 4.69) is 17.2 Å². The number of aromatic amines is 1. The van der Waals surface area contributed by atoms with Crippen molar-refractivity contribution in [3.63, 3.8) is 0 Å². The van der Waals surface area contributed by atoms with E-state index in [9.17, 15) is 14.0 Å². The first-order valence-electron chi connectivity index (χ1n) is 6.03. The van der Waals surface area contributed by atoms with Crippen LogP contribution in [-0.4, -0.2) is 34.8 Å². The fourth-order valence-corrected chi connectivity index (χ4v) is 2.07. The smallest absolute Gasteiger partial charge is 0.328 e. The molecular weight excluding hydrogens is 289 g/mol. The summed E-state index contributed by atoms with van der Waals surface area (Å²) in [5, 5.41) is 0. The zero-order valence-electron chi connectivity index (χ0n) is 10.5. The summed E-state index contributed by atoms with van der Waals surface area (Å²) in [6.45, 7) is -0.136. The fraction of sp³-hybridized carbons (Fsp3) is 0.545. The van der Waals surface area contributed by atoms with Gasteiger partial charge in [0, 0.05) is 0 Å². The maximum atomic E-state index is 13.4. The van der Waals surface area contributed by atoms with Crippen molar-refractivity contribution in [1.29, 1.82) is 0 Å². The third-order valence-corrected chi connectivity index (χ3v) is 3.21. The van der Waals surface area contributed by atoms with Gasteiger partial charge in [0.2, 0.25) is 0 Å². The normalized spacial score (nSPS) is 21.9. The van der Waals surface area contributed by atoms with Crippen LogP contribution in [0.2, 0.25) is 0 Å². The van der Waals surface area contributed by atoms with Crippen molar-refractivity contribution in [3.05, 3.63) is 27.1 Å². The van der Waals surface area contributed by atoms with E-state index in [1.807, 2.05) is 0 Å². The summed E-state index contributed by atoms with van der Waals surface area (Å²) in [6, 6.07) is 0. The van der Waals surface area contributed by atoms with Gasteiger partial charge in [0.05, 0.1) is 18.8 Å². The van der Waals surface area contributed by atoms with Crippen LogP contribution in [0.5, 0.6) is 0 Å². The molecule has 2 unspecified atom stereocenters. The third-order valence-electron chi connectivity index (χ3n) is 2.92. The van der Waals surface area contributed by atoms with Crippen LogP contribution >= 0.6 is 12.2 Å². The van der Waals surface area contributed by atoms with Crippen LogP contribution in [0, 0.1) is 10.5 Å². The summed E-state index contributed by atoms with van der Waals surface area (Å²) in [4.78, 5) is 24.8. The van der Waals surface area contributed by atoms with Crippen LogP contribution in [-0.2, 0) is 14.3 Å². The Labute approximate surface area is 118 Å². The number of H-pyrrole nitrogens is 1. The van der Waals surface area contributed by atoms with Crippen molar-refractivity contribution in [1.82, 2.24) is 9.55 Å². The Hall–Kier alpha value is -1.58. The average Bonchev–Trinajstić information content (AvgIpc) is 2.88. The molecule has 2 atom stereocenters. The van der Waals surface area contributed by atoms with Gasteiger partial charge in [-0.25, -0.2) is 9.18 Å². The Morgan fingerprint density at radius 1 is 1.65 bits per heavy atom. The highest BCUT2D eigenvalue weighted by Crippen LogP contribution is 2.27. The van der Waals surface area contributed by atoms with Gasteiger partial charge >= 0.3 is 11.7 Å². The zero-order valence-corrected chi connectivity index (χ0v) is 11.3. The molecule has 0 spiro atoms. The number of hydrogen-bond donors (Lipinski definition) is 2. The molecule has 1 aromatic rings. The SMILES string of the molecule is NCC(=O)OCC1CCC(n2cc(F)c(=S)[nH]c2=O)O1. The number of nitrogens with one attached hydrogen (secondary N) is 1. The molecule has 20 heavy (non-hydrogen) atoms. The van der Waals surface area contributed by atoms with Crippen LogP contribution in [0.1, 0.15) is 19.1 Å². The molecule has 0 saturated carbocycles. The molecule has 0 amide bonds. The van der Waals surface area contributed by atoms with Crippen LogP contribution < -0.4 is 11.4 Å². The second-order valence-electron chi connectivity index (χ2n) is 4.32. The standard InChI is InChI=1S/C11H14FN3O4S/c12-7-4-15(11(17)14-10(7)20)8-2-1-6(19-8)5-18-9(16)3-13/h4,6,8H,1-3,5,13H2,(H,14,17,20). The highest BCUT2D eigenvalue weighted by atomic mass is 32.1. The Morgan fingerprint density at radius 3 is 3.10 bits per heavy atom. The summed E-state index contributed by atoms with van der Waals surface area (Å²) in [7, 11) is 0. The minimum Gasteiger partial charge on any atom is -0.462 e. The van der Waals surface area contributed by atoms with Crippen molar-refractivity contribution in [2.75, 3.05) is 13.2 Å². The van der Waals surface area contributed by atoms with Crippen LogP contribution in [0.25, 0.3) is 0 Å². The number of halogens is 1. The second-order valence-corrected chi connectivity index (χ2v) is 4.73. The molecule has 1 aliphatic rings. The van der Waals surface area contributed by atoms with Gasteiger partial charge in [-0.1, -0.05) is 12.2 Å². The van der Waals surface area contributed by atoms with Crippen LogP contribution in [0.3, 0.4) is 0 Å². The maximum absolute atomic E-state index is 13.4. The number of rotatable bonds is 4. The van der Waals surface area contributed by atoms with Gasteiger partial charge in [-0.2, -0.15) is 0 Å². The van der Waals surface area contributed by atoms with Gasteiger partial charge in [-0.05, 0) is 12.8 Å². The highest BCUT2D eigenvalue weighted by molar-refractivity contribution is 7.71. The number of esters is 1. The lowest BCUT2D eigenvalue weighted by molar-refractivity contribution is -0.146. The first-order chi connectivity index (χ1) is 9.51. The van der Waals surface area contributed by atoms with E-state index in [0.29, 0.717) is 12.8 Å². The molecule has 0 aliphatic carbocycles. The Bertz CT molecular complexity index is 614. The molecule has 0 radical (unpaired) electrons. The van der Waals surface area contributed by atoms with Gasteiger partial charge in [-0.3, -0.25) is 14.3 Å². The third kappa shape index (κ3) is 3.30. The molecular formula is C11H14FN3O4S. The molecule has 2 heterocycles. The summed E-state index contributed by atoms with van der Waals surface area (Å²) in [5.41, 5.74) is 4.57. The quantitative estimate of drug-likeness (QED) is 0.610. The van der Waals surface area contributed by atoms with E-state index in [1.54, 1.807) is 0 Å². The van der Waals surface area contributed by atoms with Crippen molar-refractivity contribution >= 4 is 18.2 Å². The number of nitrogens with two attached hydrogens (primary N) is 1. The molecule has 2 rings (SSSR count). The van der Waals surface area contributed by atoms with E-state index >= 15 is 0 Å². The summed E-state index contributed by atoms with van der Waals surface area (Å²) >= 11 is 4.63. The topological polar surface area (TPSA) is 99.3 Å². The lowest BCUT2D eigenvalue weighted by atomic mass is 10.2. The highest BCUT2D eigenvalue weighted by Gasteiger charge is 2.28. The zero-order chi connectivity index (χ0) is 14.7. The van der Waals surface area contributed by atoms with E-state index in [1.165, 1.54) is 0 Å². The number of nitrogens with zero attached hydrogens (tertiary/aromatic N) is 1. The Balaban J connectivity index is 2.03. The lowest BCUT2D eigenvalue weighted by Gasteiger charge is -2.15. The number of carbonyl (C=O) groups excluding carboxylic acids is 1. The van der Waals surface area contributed by atoms with E-state index in [0.717, 1.165) is 10.8 Å². The first-order valence-corrected chi connectivity index (χ1v) is 6.44. The summed E-state index contributed by atoms with van der Waals surface area (Å²) in [5.74, 6) is -1.22. The van der Waals surface area contributed by atoms with Crippen LogP contribution in [0.4, 0.5) is 4.39 Å². The van der Waals surface area contributed by atoms with Gasteiger partial charge in [0.15, 0.2) is 5.82 Å². The molecule has 1 aromatic heterocycles. The van der Waals surface area contributed by atoms with E-state index in [4.69, 9.17) is 15.2 Å². The minimum atomic E-state index is -0.693. The molecule has 1 fully saturated rings. The molecule has 110 valence electrons. The monoisotopic (exact) mass is 303 g/mol. The molecule has 1 saturated heterocycles. The van der Waals surface area contributed by atoms with E-state index in [-0.39, 0.29) is 23.9 Å². The molecule has 7 nitrogen and oxygen atoms in total. The van der Waals surface area contributed by atoms with Gasteiger partial charge < -0.3 is 15.2 Å².